The van der Waals surface area contributed by atoms with E-state index < -0.39 is 21.8 Å². The first-order valence-electron chi connectivity index (χ1n) is 9.60. The lowest BCUT2D eigenvalue weighted by molar-refractivity contribution is 0.0948. The van der Waals surface area contributed by atoms with E-state index in [0.717, 1.165) is 0 Å². The Kier molecular flexibility index (Phi) is 8.33. The summed E-state index contributed by atoms with van der Waals surface area (Å²) in [4.78, 5) is 24.8. The number of aromatic nitrogens is 2. The number of ether oxygens (including phenoxy) is 1. The summed E-state index contributed by atoms with van der Waals surface area (Å²) in [7, 11) is -2.61. The molecular weight excluding hydrogens is 490 g/mol. The highest BCUT2D eigenvalue weighted by atomic mass is 35.5. The molecule has 0 aliphatic rings. The van der Waals surface area contributed by atoms with Gasteiger partial charge >= 0.3 is 0 Å². The molecule has 0 aliphatic heterocycles. The zero-order valence-corrected chi connectivity index (χ0v) is 19.8. The number of hydrogen-bond donors (Lipinski definition) is 3. The average Bonchev–Trinajstić information content (AvgIpc) is 3.26. The van der Waals surface area contributed by atoms with Crippen LogP contribution in [-0.4, -0.2) is 50.7 Å². The highest BCUT2D eigenvalue weighted by Gasteiger charge is 2.24. The van der Waals surface area contributed by atoms with Crippen LogP contribution >= 0.6 is 22.9 Å². The summed E-state index contributed by atoms with van der Waals surface area (Å²) in [5.74, 6) is -0.987. The predicted octanol–water partition coefficient (Wildman–Crippen LogP) is 3.01. The minimum absolute atomic E-state index is 0.0236. The molecule has 0 atom stereocenters. The third-order valence-corrected chi connectivity index (χ3v) is 7.10. The van der Waals surface area contributed by atoms with Crippen molar-refractivity contribution in [2.75, 3.05) is 30.3 Å². The van der Waals surface area contributed by atoms with E-state index in [0.29, 0.717) is 30.9 Å². The number of methoxy groups -OCH3 is 1. The number of para-hydroxylation sites is 1. The number of rotatable bonds is 10. The molecule has 0 saturated carbocycles. The molecule has 0 aliphatic carbocycles. The van der Waals surface area contributed by atoms with E-state index in [1.807, 2.05) is 0 Å². The van der Waals surface area contributed by atoms with Gasteiger partial charge in [-0.25, -0.2) is 0 Å². The van der Waals surface area contributed by atoms with Crippen LogP contribution in [0.15, 0.2) is 52.9 Å². The maximum absolute atomic E-state index is 12.8. The van der Waals surface area contributed by atoms with Gasteiger partial charge in [-0.2, -0.15) is 8.42 Å². The van der Waals surface area contributed by atoms with E-state index in [1.165, 1.54) is 18.2 Å². The molecule has 10 nitrogen and oxygen atoms in total. The molecule has 174 valence electrons. The van der Waals surface area contributed by atoms with E-state index in [-0.39, 0.29) is 31.3 Å². The van der Waals surface area contributed by atoms with Crippen LogP contribution in [0.25, 0.3) is 0 Å². The maximum Gasteiger partial charge on any atom is 0.291 e. The second-order valence-electron chi connectivity index (χ2n) is 6.56. The minimum atomic E-state index is -4.17. The number of amides is 2. The van der Waals surface area contributed by atoms with Gasteiger partial charge in [0.2, 0.25) is 5.13 Å². The molecule has 3 aromatic rings. The van der Waals surface area contributed by atoms with Crippen LogP contribution in [0.2, 0.25) is 5.02 Å². The van der Waals surface area contributed by atoms with Crippen molar-refractivity contribution in [2.45, 2.75) is 10.8 Å². The SMILES string of the molecule is COCCCNC(=O)c1ccccc1NS(=O)(=O)c1nnc(NC(=O)c2ccccc2Cl)s1. The van der Waals surface area contributed by atoms with Gasteiger partial charge < -0.3 is 10.1 Å². The van der Waals surface area contributed by atoms with Crippen molar-refractivity contribution >= 4 is 55.6 Å². The molecule has 2 aromatic carbocycles. The van der Waals surface area contributed by atoms with Crippen LogP contribution in [-0.2, 0) is 14.8 Å². The summed E-state index contributed by atoms with van der Waals surface area (Å²) in [5.41, 5.74) is 0.441. The standard InChI is InChI=1S/C20H20ClN5O5S2/c1-31-12-6-11-22-17(27)14-8-3-5-10-16(14)26-33(29,30)20-25-24-19(32-20)23-18(28)13-7-2-4-9-15(13)21/h2-5,7-10,26H,6,11-12H2,1H3,(H,22,27)(H,23,24,28). The Hall–Kier alpha value is -3.06. The summed E-state index contributed by atoms with van der Waals surface area (Å²) in [6.07, 6.45) is 0.615. The first-order valence-corrected chi connectivity index (χ1v) is 12.3. The van der Waals surface area contributed by atoms with Crippen molar-refractivity contribution in [3.05, 3.63) is 64.7 Å². The molecular formula is C20H20ClN5O5S2. The number of nitrogens with zero attached hydrogens (tertiary/aromatic N) is 2. The van der Waals surface area contributed by atoms with Crippen LogP contribution in [0.4, 0.5) is 10.8 Å². The zero-order valence-electron chi connectivity index (χ0n) is 17.4. The Morgan fingerprint density at radius 1 is 1.03 bits per heavy atom. The number of nitrogens with one attached hydrogen (secondary N) is 3. The van der Waals surface area contributed by atoms with Gasteiger partial charge in [-0.3, -0.25) is 19.6 Å². The molecule has 33 heavy (non-hydrogen) atoms. The highest BCUT2D eigenvalue weighted by Crippen LogP contribution is 2.25. The second kappa shape index (κ2) is 11.2. The van der Waals surface area contributed by atoms with E-state index in [2.05, 4.69) is 25.6 Å². The largest absolute Gasteiger partial charge is 0.385 e. The molecule has 0 fully saturated rings. The van der Waals surface area contributed by atoms with Gasteiger partial charge in [-0.15, -0.1) is 10.2 Å². The van der Waals surface area contributed by atoms with Gasteiger partial charge in [-0.1, -0.05) is 47.2 Å². The van der Waals surface area contributed by atoms with Crippen LogP contribution in [0.3, 0.4) is 0 Å². The molecule has 1 heterocycles. The highest BCUT2D eigenvalue weighted by molar-refractivity contribution is 7.94. The monoisotopic (exact) mass is 509 g/mol. The molecule has 3 rings (SSSR count). The van der Waals surface area contributed by atoms with Crippen molar-refractivity contribution < 1.29 is 22.7 Å². The normalized spacial score (nSPS) is 11.1. The lowest BCUT2D eigenvalue weighted by Crippen LogP contribution is -2.26. The Bertz CT molecular complexity index is 1250. The lowest BCUT2D eigenvalue weighted by atomic mass is 10.1. The van der Waals surface area contributed by atoms with Crippen molar-refractivity contribution in [1.82, 2.24) is 15.5 Å². The van der Waals surface area contributed by atoms with Crippen molar-refractivity contribution in [1.29, 1.82) is 0 Å². The molecule has 0 saturated heterocycles. The molecule has 1 aromatic heterocycles. The molecule has 13 heteroatoms. The Labute approximate surface area is 199 Å². The van der Waals surface area contributed by atoms with Crippen molar-refractivity contribution in [3.8, 4) is 0 Å². The number of carbonyl (C=O) groups excluding carboxylic acids is 2. The number of halogens is 1. The average molecular weight is 510 g/mol. The summed E-state index contributed by atoms with van der Waals surface area (Å²) in [6, 6.07) is 12.6. The van der Waals surface area contributed by atoms with Crippen LogP contribution in [0.1, 0.15) is 27.1 Å². The zero-order chi connectivity index (χ0) is 23.8. The Balaban J connectivity index is 1.72. The van der Waals surface area contributed by atoms with Crippen LogP contribution in [0.5, 0.6) is 0 Å². The minimum Gasteiger partial charge on any atom is -0.385 e. The number of hydrogen-bond acceptors (Lipinski definition) is 8. The first-order chi connectivity index (χ1) is 15.8. The summed E-state index contributed by atoms with van der Waals surface area (Å²) < 4.78 is 32.5. The summed E-state index contributed by atoms with van der Waals surface area (Å²) in [6.45, 7) is 0.861. The summed E-state index contributed by atoms with van der Waals surface area (Å²) >= 11 is 6.66. The molecule has 0 bridgehead atoms. The number of anilines is 2. The van der Waals surface area contributed by atoms with Gasteiger partial charge in [0.25, 0.3) is 26.2 Å². The van der Waals surface area contributed by atoms with E-state index in [4.69, 9.17) is 16.3 Å². The molecule has 0 radical (unpaired) electrons. The van der Waals surface area contributed by atoms with Crippen LogP contribution < -0.4 is 15.4 Å². The van der Waals surface area contributed by atoms with Gasteiger partial charge in [0.15, 0.2) is 0 Å². The molecule has 3 N–H and O–H groups in total. The molecule has 0 unspecified atom stereocenters. The quantitative estimate of drug-likeness (QED) is 0.282. The lowest BCUT2D eigenvalue weighted by Gasteiger charge is -2.11. The second-order valence-corrected chi connectivity index (χ2v) is 9.80. The third-order valence-electron chi connectivity index (χ3n) is 4.20. The fourth-order valence-electron chi connectivity index (χ4n) is 2.65. The molecule has 2 amide bonds. The topological polar surface area (TPSA) is 139 Å². The van der Waals surface area contributed by atoms with Crippen molar-refractivity contribution in [2.24, 2.45) is 0 Å². The Morgan fingerprint density at radius 2 is 1.73 bits per heavy atom. The van der Waals surface area contributed by atoms with Gasteiger partial charge in [0.05, 0.1) is 21.8 Å². The molecule has 0 spiro atoms. The Morgan fingerprint density at radius 3 is 2.45 bits per heavy atom. The van der Waals surface area contributed by atoms with Gasteiger partial charge in [-0.05, 0) is 30.7 Å². The number of sulfonamides is 1. The smallest absolute Gasteiger partial charge is 0.291 e. The van der Waals surface area contributed by atoms with Crippen molar-refractivity contribution in [3.63, 3.8) is 0 Å². The fraction of sp³-hybridized carbons (Fsp3) is 0.200. The van der Waals surface area contributed by atoms with Gasteiger partial charge in [0, 0.05) is 20.3 Å². The van der Waals surface area contributed by atoms with Crippen LogP contribution in [0, 0.1) is 0 Å². The van der Waals surface area contributed by atoms with E-state index in [9.17, 15) is 18.0 Å². The summed E-state index contributed by atoms with van der Waals surface area (Å²) in [5, 5.41) is 12.8. The predicted molar refractivity (Wildman–Crippen MR) is 125 cm³/mol. The fourth-order valence-corrected chi connectivity index (χ4v) is 4.85. The first kappa shape index (κ1) is 24.6. The van der Waals surface area contributed by atoms with E-state index in [1.54, 1.807) is 37.4 Å². The van der Waals surface area contributed by atoms with Gasteiger partial charge in [0.1, 0.15) is 0 Å². The third kappa shape index (κ3) is 6.48. The maximum atomic E-state index is 12.8. The number of carbonyl (C=O) groups is 2. The number of benzene rings is 2. The van der Waals surface area contributed by atoms with E-state index >= 15 is 0 Å².